The molecule has 1 aliphatic rings. The summed E-state index contributed by atoms with van der Waals surface area (Å²) in [5.74, 6) is -0.501. The van der Waals surface area contributed by atoms with Crippen LogP contribution in [0.25, 0.3) is 0 Å². The van der Waals surface area contributed by atoms with Gasteiger partial charge in [-0.2, -0.15) is 0 Å². The van der Waals surface area contributed by atoms with Gasteiger partial charge in [-0.05, 0) is 37.1 Å². The van der Waals surface area contributed by atoms with Crippen LogP contribution in [0.5, 0.6) is 5.75 Å². The highest BCUT2D eigenvalue weighted by Crippen LogP contribution is 2.24. The van der Waals surface area contributed by atoms with Gasteiger partial charge in [-0.25, -0.2) is 0 Å². The highest BCUT2D eigenvalue weighted by atomic mass is 79.9. The van der Waals surface area contributed by atoms with Crippen LogP contribution in [0.4, 0.5) is 13.2 Å². The van der Waals surface area contributed by atoms with Crippen LogP contribution in [-0.4, -0.2) is 35.1 Å². The van der Waals surface area contributed by atoms with E-state index in [4.69, 9.17) is 0 Å². The van der Waals surface area contributed by atoms with Crippen LogP contribution < -0.4 is 4.74 Å². The standard InChI is InChI=1S/C13H13BrF3NO2/c14-10-2-1-7-18(8-10)12(19)9-3-5-11(6-4-9)20-13(15,16)17/h3-6,10H,1-2,7-8H2. The van der Waals surface area contributed by atoms with Crippen LogP contribution in [-0.2, 0) is 0 Å². The molecule has 3 nitrogen and oxygen atoms in total. The second kappa shape index (κ2) is 6.03. The van der Waals surface area contributed by atoms with Crippen molar-refractivity contribution >= 4 is 21.8 Å². The summed E-state index contributed by atoms with van der Waals surface area (Å²) in [5.41, 5.74) is 0.362. The van der Waals surface area contributed by atoms with Gasteiger partial charge < -0.3 is 9.64 Å². The van der Waals surface area contributed by atoms with E-state index >= 15 is 0 Å². The summed E-state index contributed by atoms with van der Waals surface area (Å²) in [5, 5.41) is 0. The average molecular weight is 352 g/mol. The molecule has 1 unspecified atom stereocenters. The first-order chi connectivity index (χ1) is 9.35. The van der Waals surface area contributed by atoms with E-state index in [2.05, 4.69) is 20.7 Å². The number of rotatable bonds is 2. The van der Waals surface area contributed by atoms with Crippen molar-refractivity contribution < 1.29 is 22.7 Å². The molecule has 1 heterocycles. The number of amides is 1. The Bertz CT molecular complexity index is 475. The Balaban J connectivity index is 2.04. The molecule has 0 radical (unpaired) electrons. The lowest BCUT2D eigenvalue weighted by Crippen LogP contribution is -2.40. The number of alkyl halides is 4. The fraction of sp³-hybridized carbons (Fsp3) is 0.462. The number of carbonyl (C=O) groups is 1. The van der Waals surface area contributed by atoms with Crippen molar-refractivity contribution in [2.24, 2.45) is 0 Å². The van der Waals surface area contributed by atoms with Gasteiger partial charge in [0.15, 0.2) is 0 Å². The number of ether oxygens (including phenoxy) is 1. The van der Waals surface area contributed by atoms with Gasteiger partial charge in [0.05, 0.1) is 0 Å². The molecule has 1 fully saturated rings. The molecule has 0 bridgehead atoms. The van der Waals surface area contributed by atoms with Crippen LogP contribution in [0.15, 0.2) is 24.3 Å². The number of piperidine rings is 1. The molecule has 0 spiro atoms. The third-order valence-electron chi connectivity index (χ3n) is 2.99. The maximum atomic E-state index is 12.2. The van der Waals surface area contributed by atoms with E-state index < -0.39 is 6.36 Å². The van der Waals surface area contributed by atoms with Gasteiger partial charge in [0, 0.05) is 23.5 Å². The third-order valence-corrected chi connectivity index (χ3v) is 3.73. The predicted octanol–water partition coefficient (Wildman–Crippen LogP) is 3.58. The molecule has 0 aromatic heterocycles. The third kappa shape index (κ3) is 4.13. The molecule has 1 aliphatic heterocycles. The lowest BCUT2D eigenvalue weighted by atomic mass is 10.1. The molecule has 0 saturated carbocycles. The molecule has 1 aromatic carbocycles. The lowest BCUT2D eigenvalue weighted by Gasteiger charge is -2.30. The summed E-state index contributed by atoms with van der Waals surface area (Å²) < 4.78 is 39.9. The molecule has 0 N–H and O–H groups in total. The first kappa shape index (κ1) is 15.2. The molecule has 2 rings (SSSR count). The largest absolute Gasteiger partial charge is 0.573 e. The van der Waals surface area contributed by atoms with Crippen molar-refractivity contribution in [2.45, 2.75) is 24.0 Å². The van der Waals surface area contributed by atoms with Gasteiger partial charge in [0.2, 0.25) is 0 Å². The first-order valence-corrected chi connectivity index (χ1v) is 7.06. The Hall–Kier alpha value is -1.24. The van der Waals surface area contributed by atoms with Gasteiger partial charge >= 0.3 is 6.36 Å². The maximum absolute atomic E-state index is 12.2. The van der Waals surface area contributed by atoms with Crippen molar-refractivity contribution in [3.8, 4) is 5.75 Å². The van der Waals surface area contributed by atoms with Crippen molar-refractivity contribution in [3.63, 3.8) is 0 Å². The zero-order valence-electron chi connectivity index (χ0n) is 10.5. The van der Waals surface area contributed by atoms with E-state index in [0.29, 0.717) is 18.7 Å². The Morgan fingerprint density at radius 2 is 1.95 bits per heavy atom. The number of benzene rings is 1. The molecule has 1 aromatic rings. The normalized spacial score (nSPS) is 19.8. The number of carbonyl (C=O) groups excluding carboxylic acids is 1. The summed E-state index contributed by atoms with van der Waals surface area (Å²) in [6.07, 6.45) is -2.79. The molecular formula is C13H13BrF3NO2. The molecule has 20 heavy (non-hydrogen) atoms. The minimum absolute atomic E-state index is 0.173. The highest BCUT2D eigenvalue weighted by Gasteiger charge is 2.31. The molecule has 7 heteroatoms. The van der Waals surface area contributed by atoms with E-state index in [1.54, 1.807) is 4.90 Å². The van der Waals surface area contributed by atoms with Crippen molar-refractivity contribution in [2.75, 3.05) is 13.1 Å². The predicted molar refractivity (Wildman–Crippen MR) is 71.0 cm³/mol. The van der Waals surface area contributed by atoms with E-state index in [-0.39, 0.29) is 16.5 Å². The molecule has 1 saturated heterocycles. The molecule has 1 amide bonds. The fourth-order valence-electron chi connectivity index (χ4n) is 2.09. The number of hydrogen-bond donors (Lipinski definition) is 0. The number of likely N-dealkylation sites (tertiary alicyclic amines) is 1. The first-order valence-electron chi connectivity index (χ1n) is 6.14. The second-order valence-corrected chi connectivity index (χ2v) is 5.86. The van der Waals surface area contributed by atoms with E-state index in [1.165, 1.54) is 12.1 Å². The second-order valence-electron chi connectivity index (χ2n) is 4.56. The van der Waals surface area contributed by atoms with Crippen LogP contribution in [0, 0.1) is 0 Å². The molecule has 110 valence electrons. The summed E-state index contributed by atoms with van der Waals surface area (Å²) in [6.45, 7) is 1.28. The molecule has 0 aliphatic carbocycles. The summed E-state index contributed by atoms with van der Waals surface area (Å²) in [4.78, 5) is 14.2. The average Bonchev–Trinajstić information content (AvgIpc) is 2.37. The smallest absolute Gasteiger partial charge is 0.406 e. The zero-order chi connectivity index (χ0) is 14.8. The van der Waals surface area contributed by atoms with Gasteiger partial charge in [-0.15, -0.1) is 13.2 Å². The Labute approximate surface area is 122 Å². The van der Waals surface area contributed by atoms with Gasteiger partial charge in [-0.1, -0.05) is 15.9 Å². The minimum Gasteiger partial charge on any atom is -0.406 e. The highest BCUT2D eigenvalue weighted by molar-refractivity contribution is 9.09. The van der Waals surface area contributed by atoms with Crippen LogP contribution in [0.3, 0.4) is 0 Å². The Morgan fingerprint density at radius 1 is 1.30 bits per heavy atom. The van der Waals surface area contributed by atoms with Crippen molar-refractivity contribution in [1.82, 2.24) is 4.90 Å². The maximum Gasteiger partial charge on any atom is 0.573 e. The zero-order valence-corrected chi connectivity index (χ0v) is 12.1. The quantitative estimate of drug-likeness (QED) is 0.762. The van der Waals surface area contributed by atoms with E-state index in [9.17, 15) is 18.0 Å². The van der Waals surface area contributed by atoms with E-state index in [0.717, 1.165) is 25.0 Å². The SMILES string of the molecule is O=C(c1ccc(OC(F)(F)F)cc1)N1CCCC(Br)C1. The number of halogens is 4. The van der Waals surface area contributed by atoms with Gasteiger partial charge in [0.1, 0.15) is 5.75 Å². The van der Waals surface area contributed by atoms with Crippen LogP contribution in [0.1, 0.15) is 23.2 Å². The molecule has 1 atom stereocenters. The van der Waals surface area contributed by atoms with E-state index in [1.807, 2.05) is 0 Å². The monoisotopic (exact) mass is 351 g/mol. The summed E-state index contributed by atoms with van der Waals surface area (Å²) in [7, 11) is 0. The number of nitrogens with zero attached hydrogens (tertiary/aromatic N) is 1. The number of hydrogen-bond acceptors (Lipinski definition) is 2. The topological polar surface area (TPSA) is 29.5 Å². The van der Waals surface area contributed by atoms with Crippen molar-refractivity contribution in [3.05, 3.63) is 29.8 Å². The lowest BCUT2D eigenvalue weighted by molar-refractivity contribution is -0.274. The minimum atomic E-state index is -4.72. The van der Waals surface area contributed by atoms with Gasteiger partial charge in [0.25, 0.3) is 5.91 Å². The Kier molecular flexibility index (Phi) is 4.57. The summed E-state index contributed by atoms with van der Waals surface area (Å²) >= 11 is 3.48. The van der Waals surface area contributed by atoms with Crippen molar-refractivity contribution in [1.29, 1.82) is 0 Å². The van der Waals surface area contributed by atoms with Crippen LogP contribution in [0.2, 0.25) is 0 Å². The van der Waals surface area contributed by atoms with Gasteiger partial charge in [-0.3, -0.25) is 4.79 Å². The van der Waals surface area contributed by atoms with Crippen LogP contribution >= 0.6 is 15.9 Å². The molecular weight excluding hydrogens is 339 g/mol. The summed E-state index contributed by atoms with van der Waals surface area (Å²) in [6, 6.07) is 5.00. The fourth-order valence-corrected chi connectivity index (χ4v) is 2.76. The Morgan fingerprint density at radius 3 is 2.50 bits per heavy atom.